The van der Waals surface area contributed by atoms with E-state index in [9.17, 15) is 14.4 Å². The molecular formula is C13H10BrNO4. The molecule has 2 rings (SSSR count). The van der Waals surface area contributed by atoms with Crippen molar-refractivity contribution < 1.29 is 14.0 Å². The summed E-state index contributed by atoms with van der Waals surface area (Å²) in [4.78, 5) is 36.0. The van der Waals surface area contributed by atoms with Gasteiger partial charge in [-0.3, -0.25) is 14.4 Å². The number of benzene rings is 1. The van der Waals surface area contributed by atoms with E-state index in [0.717, 1.165) is 4.90 Å². The minimum Gasteiger partial charge on any atom is -0.438 e. The summed E-state index contributed by atoms with van der Waals surface area (Å²) in [5.41, 5.74) is -0.0115. The summed E-state index contributed by atoms with van der Waals surface area (Å²) in [7, 11) is 0. The SMILES string of the molecule is CC(=O)N(C(C)=O)c1oc2ccccc2c(=O)c1Br. The molecule has 1 heterocycles. The van der Waals surface area contributed by atoms with Crippen LogP contribution < -0.4 is 10.3 Å². The van der Waals surface area contributed by atoms with Gasteiger partial charge in [-0.15, -0.1) is 0 Å². The number of carbonyl (C=O) groups is 2. The van der Waals surface area contributed by atoms with Crippen LogP contribution in [0.15, 0.2) is 37.9 Å². The van der Waals surface area contributed by atoms with Crippen LogP contribution in [-0.4, -0.2) is 11.8 Å². The Morgan fingerprint density at radius 3 is 2.32 bits per heavy atom. The Morgan fingerprint density at radius 2 is 1.74 bits per heavy atom. The second-order valence-electron chi connectivity index (χ2n) is 3.92. The topological polar surface area (TPSA) is 67.6 Å². The van der Waals surface area contributed by atoms with Crippen molar-refractivity contribution in [1.29, 1.82) is 0 Å². The molecule has 0 fully saturated rings. The van der Waals surface area contributed by atoms with E-state index >= 15 is 0 Å². The van der Waals surface area contributed by atoms with Gasteiger partial charge < -0.3 is 4.42 Å². The third kappa shape index (κ3) is 2.31. The lowest BCUT2D eigenvalue weighted by Gasteiger charge is -2.17. The predicted octanol–water partition coefficient (Wildman–Crippen LogP) is 2.45. The minimum atomic E-state index is -0.522. The molecular weight excluding hydrogens is 314 g/mol. The van der Waals surface area contributed by atoms with Crippen LogP contribution in [0.4, 0.5) is 5.88 Å². The number of halogens is 1. The normalized spacial score (nSPS) is 10.5. The summed E-state index contributed by atoms with van der Waals surface area (Å²) in [5.74, 6) is -1.14. The van der Waals surface area contributed by atoms with E-state index in [1.807, 2.05) is 0 Å². The smallest absolute Gasteiger partial charge is 0.233 e. The lowest BCUT2D eigenvalue weighted by Crippen LogP contribution is -2.34. The third-order valence-corrected chi connectivity index (χ3v) is 3.26. The van der Waals surface area contributed by atoms with Crippen LogP contribution >= 0.6 is 15.9 Å². The van der Waals surface area contributed by atoms with Crippen LogP contribution in [0.2, 0.25) is 0 Å². The van der Waals surface area contributed by atoms with Gasteiger partial charge in [0.1, 0.15) is 10.1 Å². The lowest BCUT2D eigenvalue weighted by molar-refractivity contribution is -0.124. The molecule has 1 aromatic heterocycles. The number of hydrogen-bond acceptors (Lipinski definition) is 4. The maximum Gasteiger partial charge on any atom is 0.233 e. The zero-order valence-electron chi connectivity index (χ0n) is 10.3. The number of carbonyl (C=O) groups excluding carboxylic acids is 2. The molecule has 6 heteroatoms. The second-order valence-corrected chi connectivity index (χ2v) is 4.71. The third-order valence-electron chi connectivity index (χ3n) is 2.56. The summed E-state index contributed by atoms with van der Waals surface area (Å²) < 4.78 is 5.55. The number of para-hydroxylation sites is 1. The molecule has 0 N–H and O–H groups in total. The van der Waals surface area contributed by atoms with E-state index in [-0.39, 0.29) is 15.8 Å². The molecule has 98 valence electrons. The van der Waals surface area contributed by atoms with Gasteiger partial charge in [-0.25, -0.2) is 4.90 Å². The minimum absolute atomic E-state index is 0.0524. The van der Waals surface area contributed by atoms with Crippen LogP contribution in [0.5, 0.6) is 0 Å². The molecule has 1 aromatic carbocycles. The number of imide groups is 1. The molecule has 0 aliphatic heterocycles. The molecule has 19 heavy (non-hydrogen) atoms. The monoisotopic (exact) mass is 323 g/mol. The highest BCUT2D eigenvalue weighted by atomic mass is 79.9. The zero-order valence-corrected chi connectivity index (χ0v) is 11.9. The first-order chi connectivity index (χ1) is 8.93. The van der Waals surface area contributed by atoms with Crippen molar-refractivity contribution in [2.24, 2.45) is 0 Å². The molecule has 0 unspecified atom stereocenters. The molecule has 5 nitrogen and oxygen atoms in total. The highest BCUT2D eigenvalue weighted by Gasteiger charge is 2.24. The summed E-state index contributed by atoms with van der Waals surface area (Å²) in [5, 5.41) is 0.380. The van der Waals surface area contributed by atoms with Gasteiger partial charge in [0.15, 0.2) is 0 Å². The molecule has 0 aliphatic carbocycles. The Balaban J connectivity index is 2.81. The molecule has 0 bridgehead atoms. The van der Waals surface area contributed by atoms with Crippen molar-refractivity contribution in [1.82, 2.24) is 0 Å². The molecule has 0 saturated carbocycles. The fourth-order valence-electron chi connectivity index (χ4n) is 1.76. The Labute approximate surface area is 116 Å². The number of nitrogens with zero attached hydrogens (tertiary/aromatic N) is 1. The molecule has 2 aromatic rings. The maximum absolute atomic E-state index is 12.1. The number of fused-ring (bicyclic) bond motifs is 1. The van der Waals surface area contributed by atoms with Crippen LogP contribution in [0, 0.1) is 0 Å². The van der Waals surface area contributed by atoms with E-state index in [4.69, 9.17) is 4.42 Å². The first kappa shape index (κ1) is 13.5. The highest BCUT2D eigenvalue weighted by Crippen LogP contribution is 2.27. The molecule has 0 radical (unpaired) electrons. The van der Waals surface area contributed by atoms with Gasteiger partial charge in [0.05, 0.1) is 5.39 Å². The van der Waals surface area contributed by atoms with E-state index in [2.05, 4.69) is 15.9 Å². The maximum atomic E-state index is 12.1. The summed E-state index contributed by atoms with van der Waals surface area (Å²) in [6.07, 6.45) is 0. The largest absolute Gasteiger partial charge is 0.438 e. The quantitative estimate of drug-likeness (QED) is 0.808. The average Bonchev–Trinajstić information content (AvgIpc) is 2.34. The van der Waals surface area contributed by atoms with Gasteiger partial charge in [-0.1, -0.05) is 12.1 Å². The van der Waals surface area contributed by atoms with E-state index in [1.54, 1.807) is 24.3 Å². The average molecular weight is 324 g/mol. The number of amides is 2. The van der Waals surface area contributed by atoms with Crippen LogP contribution in [-0.2, 0) is 9.59 Å². The Hall–Kier alpha value is -1.95. The van der Waals surface area contributed by atoms with Crippen molar-refractivity contribution in [2.45, 2.75) is 13.8 Å². The molecule has 0 spiro atoms. The number of anilines is 1. The van der Waals surface area contributed by atoms with Gasteiger partial charge in [0.2, 0.25) is 23.1 Å². The Bertz CT molecular complexity index is 721. The van der Waals surface area contributed by atoms with Crippen molar-refractivity contribution >= 4 is 44.6 Å². The zero-order chi connectivity index (χ0) is 14.2. The highest BCUT2D eigenvalue weighted by molar-refractivity contribution is 9.10. The lowest BCUT2D eigenvalue weighted by atomic mass is 10.2. The van der Waals surface area contributed by atoms with Gasteiger partial charge >= 0.3 is 0 Å². The van der Waals surface area contributed by atoms with Crippen molar-refractivity contribution in [3.63, 3.8) is 0 Å². The van der Waals surface area contributed by atoms with Gasteiger partial charge in [0, 0.05) is 13.8 Å². The summed E-state index contributed by atoms with van der Waals surface area (Å²) in [6.45, 7) is 2.45. The number of hydrogen-bond donors (Lipinski definition) is 0. The summed E-state index contributed by atoms with van der Waals surface area (Å²) in [6, 6.07) is 6.63. The van der Waals surface area contributed by atoms with Crippen LogP contribution in [0.25, 0.3) is 11.0 Å². The van der Waals surface area contributed by atoms with Gasteiger partial charge in [-0.2, -0.15) is 0 Å². The summed E-state index contributed by atoms with van der Waals surface area (Å²) >= 11 is 3.09. The van der Waals surface area contributed by atoms with Crippen LogP contribution in [0.3, 0.4) is 0 Å². The van der Waals surface area contributed by atoms with Crippen LogP contribution in [0.1, 0.15) is 13.8 Å². The van der Waals surface area contributed by atoms with E-state index in [0.29, 0.717) is 11.0 Å². The Kier molecular flexibility index (Phi) is 3.53. The van der Waals surface area contributed by atoms with Gasteiger partial charge in [-0.05, 0) is 28.1 Å². The standard InChI is InChI=1S/C13H10BrNO4/c1-7(16)15(8(2)17)13-11(14)12(18)9-5-3-4-6-10(9)19-13/h3-6H,1-2H3. The fraction of sp³-hybridized carbons (Fsp3) is 0.154. The van der Waals surface area contributed by atoms with E-state index < -0.39 is 11.8 Å². The fourth-order valence-corrected chi connectivity index (χ4v) is 2.23. The number of rotatable bonds is 1. The molecule has 2 amide bonds. The van der Waals surface area contributed by atoms with Crippen molar-refractivity contribution in [3.8, 4) is 0 Å². The molecule has 0 atom stereocenters. The van der Waals surface area contributed by atoms with Crippen molar-refractivity contribution in [2.75, 3.05) is 4.90 Å². The second kappa shape index (κ2) is 4.97. The first-order valence-corrected chi connectivity index (χ1v) is 6.25. The Morgan fingerprint density at radius 1 is 1.16 bits per heavy atom. The van der Waals surface area contributed by atoms with Gasteiger partial charge in [0.25, 0.3) is 0 Å². The molecule has 0 saturated heterocycles. The predicted molar refractivity (Wildman–Crippen MR) is 74.0 cm³/mol. The molecule has 0 aliphatic rings. The van der Waals surface area contributed by atoms with E-state index in [1.165, 1.54) is 13.8 Å². The van der Waals surface area contributed by atoms with Crippen molar-refractivity contribution in [3.05, 3.63) is 39.0 Å². The first-order valence-electron chi connectivity index (χ1n) is 5.46.